The molecule has 0 aliphatic rings. The molecule has 7 nitrogen and oxygen atoms in total. The van der Waals surface area contributed by atoms with Gasteiger partial charge in [-0.05, 0) is 18.2 Å². The van der Waals surface area contributed by atoms with Gasteiger partial charge >= 0.3 is 11.7 Å². The van der Waals surface area contributed by atoms with Gasteiger partial charge in [0.05, 0.1) is 11.1 Å². The van der Waals surface area contributed by atoms with Gasteiger partial charge in [-0.25, -0.2) is 4.79 Å². The van der Waals surface area contributed by atoms with Crippen molar-refractivity contribution in [2.75, 3.05) is 0 Å². The van der Waals surface area contributed by atoms with Crippen LogP contribution in [0.15, 0.2) is 36.7 Å². The highest BCUT2D eigenvalue weighted by molar-refractivity contribution is 6.32. The minimum atomic E-state index is -1.23. The molecular formula is C12H7ClN2O5. The van der Waals surface area contributed by atoms with Crippen LogP contribution in [0.4, 0.5) is 5.69 Å². The van der Waals surface area contributed by atoms with Crippen molar-refractivity contribution in [2.24, 2.45) is 0 Å². The van der Waals surface area contributed by atoms with Crippen LogP contribution in [0.5, 0.6) is 11.5 Å². The molecule has 0 saturated carbocycles. The summed E-state index contributed by atoms with van der Waals surface area (Å²) >= 11 is 5.74. The number of benzene rings is 1. The second-order valence-electron chi connectivity index (χ2n) is 3.62. The topological polar surface area (TPSA) is 103 Å². The molecule has 2 aromatic rings. The van der Waals surface area contributed by atoms with E-state index in [0.717, 1.165) is 6.20 Å². The van der Waals surface area contributed by atoms with Gasteiger partial charge in [-0.15, -0.1) is 0 Å². The minimum absolute atomic E-state index is 0.103. The second kappa shape index (κ2) is 5.54. The number of aromatic carboxylic acids is 1. The first-order valence-corrected chi connectivity index (χ1v) is 5.66. The van der Waals surface area contributed by atoms with Gasteiger partial charge in [0.15, 0.2) is 5.75 Å². The van der Waals surface area contributed by atoms with Crippen molar-refractivity contribution >= 4 is 23.3 Å². The van der Waals surface area contributed by atoms with Gasteiger partial charge in [-0.2, -0.15) is 0 Å². The van der Waals surface area contributed by atoms with Gasteiger partial charge in [-0.3, -0.25) is 15.1 Å². The van der Waals surface area contributed by atoms with Crippen molar-refractivity contribution in [3.8, 4) is 11.5 Å². The number of hydrogen-bond donors (Lipinski definition) is 1. The Hall–Kier alpha value is -2.67. The molecule has 0 radical (unpaired) electrons. The van der Waals surface area contributed by atoms with Gasteiger partial charge in [-0.1, -0.05) is 17.7 Å². The number of nitro groups is 1. The molecule has 1 aromatic heterocycles. The molecule has 0 aliphatic carbocycles. The Morgan fingerprint density at radius 1 is 1.35 bits per heavy atom. The van der Waals surface area contributed by atoms with Crippen LogP contribution in [0.2, 0.25) is 5.02 Å². The first-order valence-electron chi connectivity index (χ1n) is 5.28. The number of para-hydroxylation sites is 1. The average Bonchev–Trinajstić information content (AvgIpc) is 2.38. The Bertz CT molecular complexity index is 689. The van der Waals surface area contributed by atoms with E-state index < -0.39 is 16.6 Å². The molecule has 1 N–H and O–H groups in total. The summed E-state index contributed by atoms with van der Waals surface area (Å²) in [5.74, 6) is -1.49. The third kappa shape index (κ3) is 2.67. The lowest BCUT2D eigenvalue weighted by atomic mass is 10.2. The summed E-state index contributed by atoms with van der Waals surface area (Å²) in [6.07, 6.45) is 2.44. The van der Waals surface area contributed by atoms with Gasteiger partial charge in [0.2, 0.25) is 5.75 Å². The Labute approximate surface area is 117 Å². The van der Waals surface area contributed by atoms with Gasteiger partial charge in [0, 0.05) is 6.20 Å². The van der Waals surface area contributed by atoms with Crippen molar-refractivity contribution in [3.63, 3.8) is 0 Å². The van der Waals surface area contributed by atoms with Crippen molar-refractivity contribution in [1.29, 1.82) is 0 Å². The number of halogens is 1. The van der Waals surface area contributed by atoms with E-state index in [1.807, 2.05) is 0 Å². The fraction of sp³-hybridized carbons (Fsp3) is 0. The average molecular weight is 295 g/mol. The monoisotopic (exact) mass is 294 g/mol. The quantitative estimate of drug-likeness (QED) is 0.686. The normalized spacial score (nSPS) is 10.1. The van der Waals surface area contributed by atoms with Crippen molar-refractivity contribution in [2.45, 2.75) is 0 Å². The molecule has 8 heteroatoms. The summed E-state index contributed by atoms with van der Waals surface area (Å²) in [4.78, 5) is 25.0. The number of aromatic nitrogens is 1. The summed E-state index contributed by atoms with van der Waals surface area (Å²) in [5, 5.41) is 19.9. The summed E-state index contributed by atoms with van der Waals surface area (Å²) in [5.41, 5.74) is -0.594. The van der Waals surface area contributed by atoms with E-state index >= 15 is 0 Å². The fourth-order valence-corrected chi connectivity index (χ4v) is 1.75. The molecule has 102 valence electrons. The van der Waals surface area contributed by atoms with Gasteiger partial charge in [0.1, 0.15) is 10.6 Å². The Kier molecular flexibility index (Phi) is 3.81. The predicted molar refractivity (Wildman–Crippen MR) is 69.4 cm³/mol. The highest BCUT2D eigenvalue weighted by Crippen LogP contribution is 2.37. The van der Waals surface area contributed by atoms with Crippen LogP contribution in [-0.2, 0) is 0 Å². The molecule has 0 amide bonds. The van der Waals surface area contributed by atoms with E-state index in [2.05, 4.69) is 4.98 Å². The highest BCUT2D eigenvalue weighted by Gasteiger charge is 2.22. The standard InChI is InChI=1S/C12H7ClN2O5/c13-8-2-1-3-9(11(8)15(18)19)20-10-6-14-5-4-7(10)12(16)17/h1-6H,(H,16,17). The van der Waals surface area contributed by atoms with Crippen LogP contribution in [0.3, 0.4) is 0 Å². The van der Waals surface area contributed by atoms with Crippen LogP contribution in [0, 0.1) is 10.1 Å². The van der Waals surface area contributed by atoms with E-state index in [4.69, 9.17) is 21.4 Å². The maximum absolute atomic E-state index is 11.0. The smallest absolute Gasteiger partial charge is 0.339 e. The summed E-state index contributed by atoms with van der Waals surface area (Å²) in [7, 11) is 0. The lowest BCUT2D eigenvalue weighted by molar-refractivity contribution is -0.385. The molecule has 0 aliphatic heterocycles. The molecule has 1 aromatic carbocycles. The number of carbonyl (C=O) groups is 1. The molecular weight excluding hydrogens is 288 g/mol. The number of nitro benzene ring substituents is 1. The second-order valence-corrected chi connectivity index (χ2v) is 4.03. The molecule has 0 unspecified atom stereocenters. The summed E-state index contributed by atoms with van der Waals surface area (Å²) < 4.78 is 5.27. The van der Waals surface area contributed by atoms with Crippen molar-refractivity contribution in [1.82, 2.24) is 4.98 Å². The number of hydrogen-bond acceptors (Lipinski definition) is 5. The first-order chi connectivity index (χ1) is 9.50. The maximum Gasteiger partial charge on any atom is 0.339 e. The number of carboxylic acids is 1. The fourth-order valence-electron chi connectivity index (χ4n) is 1.51. The van der Waals surface area contributed by atoms with Crippen molar-refractivity contribution < 1.29 is 19.6 Å². The molecule has 20 heavy (non-hydrogen) atoms. The van der Waals surface area contributed by atoms with Crippen LogP contribution in [0.1, 0.15) is 10.4 Å². The molecule has 0 spiro atoms. The van der Waals surface area contributed by atoms with Gasteiger partial charge in [0.25, 0.3) is 0 Å². The minimum Gasteiger partial charge on any atom is -0.478 e. The molecule has 2 rings (SSSR count). The lowest BCUT2D eigenvalue weighted by Gasteiger charge is -2.08. The molecule has 0 atom stereocenters. The maximum atomic E-state index is 11.0. The third-order valence-corrected chi connectivity index (χ3v) is 2.67. The van der Waals surface area contributed by atoms with E-state index in [1.165, 1.54) is 30.5 Å². The van der Waals surface area contributed by atoms with Crippen LogP contribution in [0.25, 0.3) is 0 Å². The van der Waals surface area contributed by atoms with Crippen LogP contribution >= 0.6 is 11.6 Å². The summed E-state index contributed by atoms with van der Waals surface area (Å²) in [6, 6.07) is 5.35. The summed E-state index contributed by atoms with van der Waals surface area (Å²) in [6.45, 7) is 0. The lowest BCUT2D eigenvalue weighted by Crippen LogP contribution is -2.01. The van der Waals surface area contributed by atoms with E-state index in [1.54, 1.807) is 0 Å². The Morgan fingerprint density at radius 2 is 2.10 bits per heavy atom. The van der Waals surface area contributed by atoms with Crippen LogP contribution < -0.4 is 4.74 Å². The molecule has 1 heterocycles. The Balaban J connectivity index is 2.49. The molecule has 0 saturated heterocycles. The van der Waals surface area contributed by atoms with E-state index in [-0.39, 0.29) is 22.1 Å². The van der Waals surface area contributed by atoms with Crippen LogP contribution in [-0.4, -0.2) is 21.0 Å². The number of pyridine rings is 1. The van der Waals surface area contributed by atoms with E-state index in [0.29, 0.717) is 0 Å². The zero-order valence-electron chi connectivity index (χ0n) is 9.82. The zero-order chi connectivity index (χ0) is 14.7. The molecule has 0 bridgehead atoms. The largest absolute Gasteiger partial charge is 0.478 e. The third-order valence-electron chi connectivity index (χ3n) is 2.37. The van der Waals surface area contributed by atoms with Gasteiger partial charge < -0.3 is 9.84 Å². The Morgan fingerprint density at radius 3 is 2.75 bits per heavy atom. The molecule has 0 fully saturated rings. The zero-order valence-corrected chi connectivity index (χ0v) is 10.6. The number of rotatable bonds is 4. The first kappa shape index (κ1) is 13.8. The SMILES string of the molecule is O=C(O)c1ccncc1Oc1cccc(Cl)c1[N+](=O)[O-]. The predicted octanol–water partition coefficient (Wildman–Crippen LogP) is 3.13. The van der Waals surface area contributed by atoms with Crippen molar-refractivity contribution in [3.05, 3.63) is 57.4 Å². The number of carboxylic acid groups (broad SMARTS) is 1. The number of nitrogens with zero attached hydrogens (tertiary/aromatic N) is 2. The highest BCUT2D eigenvalue weighted by atomic mass is 35.5. The number of ether oxygens (including phenoxy) is 1. The van der Waals surface area contributed by atoms with E-state index in [9.17, 15) is 14.9 Å².